The predicted molar refractivity (Wildman–Crippen MR) is 87.2 cm³/mol. The lowest BCUT2D eigenvalue weighted by Gasteiger charge is -1.99. The van der Waals surface area contributed by atoms with Crippen molar-refractivity contribution < 1.29 is 18.3 Å². The van der Waals surface area contributed by atoms with Crippen LogP contribution in [0.4, 0.5) is 4.39 Å². The van der Waals surface area contributed by atoms with Crippen LogP contribution in [0, 0.1) is 5.82 Å². The summed E-state index contributed by atoms with van der Waals surface area (Å²) in [7, 11) is 0. The van der Waals surface area contributed by atoms with Crippen molar-refractivity contribution in [2.45, 2.75) is 6.61 Å². The number of esters is 1. The van der Waals surface area contributed by atoms with Gasteiger partial charge >= 0.3 is 5.97 Å². The number of hydrogen-bond acceptors (Lipinski definition) is 4. The smallest absolute Gasteiger partial charge is 0.331 e. The van der Waals surface area contributed by atoms with Crippen LogP contribution >= 0.6 is 0 Å². The summed E-state index contributed by atoms with van der Waals surface area (Å²) in [5.41, 5.74) is 1.21. The molecule has 1 aromatic heterocycles. The molecule has 0 bridgehead atoms. The van der Waals surface area contributed by atoms with Crippen molar-refractivity contribution in [2.75, 3.05) is 0 Å². The second kappa shape index (κ2) is 7.37. The Bertz CT molecular complexity index is 856. The van der Waals surface area contributed by atoms with Gasteiger partial charge in [0.2, 0.25) is 5.89 Å². The van der Waals surface area contributed by atoms with Crippen molar-refractivity contribution in [1.82, 2.24) is 4.98 Å². The standard InChI is InChI=1S/C19H14FNO3/c20-16-9-5-4-6-14(16)10-11-19(22)23-13-18-21-12-17(24-18)15-7-2-1-3-8-15/h1-12H,13H2/b11-10+. The minimum absolute atomic E-state index is 0.0900. The van der Waals surface area contributed by atoms with Crippen LogP contribution in [-0.4, -0.2) is 11.0 Å². The van der Waals surface area contributed by atoms with Gasteiger partial charge in [0.15, 0.2) is 12.4 Å². The number of nitrogens with zero attached hydrogens (tertiary/aromatic N) is 1. The molecule has 0 amide bonds. The van der Waals surface area contributed by atoms with E-state index in [1.807, 2.05) is 30.3 Å². The van der Waals surface area contributed by atoms with Crippen molar-refractivity contribution in [3.63, 3.8) is 0 Å². The molecule has 3 aromatic rings. The maximum absolute atomic E-state index is 13.4. The average molecular weight is 323 g/mol. The number of carbonyl (C=O) groups is 1. The maximum atomic E-state index is 13.4. The van der Waals surface area contributed by atoms with E-state index >= 15 is 0 Å². The van der Waals surface area contributed by atoms with Gasteiger partial charge in [0.25, 0.3) is 0 Å². The minimum atomic E-state index is -0.599. The molecule has 120 valence electrons. The Kier molecular flexibility index (Phi) is 4.81. The van der Waals surface area contributed by atoms with E-state index < -0.39 is 11.8 Å². The van der Waals surface area contributed by atoms with Crippen LogP contribution in [0.25, 0.3) is 17.4 Å². The number of hydrogen-bond donors (Lipinski definition) is 0. The number of ether oxygens (including phenoxy) is 1. The molecule has 0 saturated heterocycles. The van der Waals surface area contributed by atoms with E-state index in [1.54, 1.807) is 24.4 Å². The fourth-order valence-corrected chi connectivity index (χ4v) is 2.06. The molecule has 0 aliphatic carbocycles. The number of carbonyl (C=O) groups excluding carboxylic acids is 1. The lowest BCUT2D eigenvalue weighted by molar-refractivity contribution is -0.139. The molecule has 0 N–H and O–H groups in total. The van der Waals surface area contributed by atoms with Gasteiger partial charge in [0.05, 0.1) is 6.20 Å². The van der Waals surface area contributed by atoms with E-state index in [0.29, 0.717) is 17.2 Å². The number of benzene rings is 2. The third-order valence-corrected chi connectivity index (χ3v) is 3.25. The molecule has 0 unspecified atom stereocenters. The molecule has 0 aliphatic rings. The van der Waals surface area contributed by atoms with Crippen LogP contribution in [0.1, 0.15) is 11.5 Å². The molecule has 5 heteroatoms. The third-order valence-electron chi connectivity index (χ3n) is 3.25. The van der Waals surface area contributed by atoms with Gasteiger partial charge in [-0.05, 0) is 12.1 Å². The average Bonchev–Trinajstić information content (AvgIpc) is 3.09. The van der Waals surface area contributed by atoms with Crippen molar-refractivity contribution in [1.29, 1.82) is 0 Å². The first-order valence-electron chi connectivity index (χ1n) is 7.32. The second-order valence-corrected chi connectivity index (χ2v) is 4.95. The fraction of sp³-hybridized carbons (Fsp3) is 0.0526. The Morgan fingerprint density at radius 2 is 1.88 bits per heavy atom. The molecule has 1 heterocycles. The highest BCUT2D eigenvalue weighted by atomic mass is 19.1. The molecule has 0 atom stereocenters. The molecule has 3 rings (SSSR count). The topological polar surface area (TPSA) is 52.3 Å². The third kappa shape index (κ3) is 3.95. The summed E-state index contributed by atoms with van der Waals surface area (Å²) in [6.45, 7) is -0.0900. The van der Waals surface area contributed by atoms with Crippen LogP contribution in [0.3, 0.4) is 0 Å². The second-order valence-electron chi connectivity index (χ2n) is 4.95. The van der Waals surface area contributed by atoms with Gasteiger partial charge in [-0.3, -0.25) is 0 Å². The van der Waals surface area contributed by atoms with Crippen LogP contribution in [-0.2, 0) is 16.1 Å². The maximum Gasteiger partial charge on any atom is 0.331 e. The molecular formula is C19H14FNO3. The summed E-state index contributed by atoms with van der Waals surface area (Å²) in [5.74, 6) is -0.107. The van der Waals surface area contributed by atoms with Crippen LogP contribution in [0.15, 0.2) is 71.3 Å². The van der Waals surface area contributed by atoms with E-state index in [9.17, 15) is 9.18 Å². The fourth-order valence-electron chi connectivity index (χ4n) is 2.06. The van der Waals surface area contributed by atoms with E-state index in [2.05, 4.69) is 4.98 Å². The van der Waals surface area contributed by atoms with Crippen molar-refractivity contribution >= 4 is 12.0 Å². The first-order chi connectivity index (χ1) is 11.7. The Morgan fingerprint density at radius 1 is 1.12 bits per heavy atom. The Labute approximate surface area is 138 Å². The van der Waals surface area contributed by atoms with Crippen molar-refractivity contribution in [3.8, 4) is 11.3 Å². The van der Waals surface area contributed by atoms with E-state index in [1.165, 1.54) is 18.2 Å². The number of halogens is 1. The van der Waals surface area contributed by atoms with Crippen LogP contribution < -0.4 is 0 Å². The van der Waals surface area contributed by atoms with Gasteiger partial charge in [-0.15, -0.1) is 0 Å². The quantitative estimate of drug-likeness (QED) is 0.520. The Hall–Kier alpha value is -3.21. The first kappa shape index (κ1) is 15.7. The van der Waals surface area contributed by atoms with Crippen molar-refractivity contribution in [3.05, 3.63) is 84.1 Å². The van der Waals surface area contributed by atoms with Gasteiger partial charge in [0, 0.05) is 17.2 Å². The number of oxazole rings is 1. The summed E-state index contributed by atoms with van der Waals surface area (Å²) in [5, 5.41) is 0. The monoisotopic (exact) mass is 323 g/mol. The molecule has 4 nitrogen and oxygen atoms in total. The summed E-state index contributed by atoms with van der Waals surface area (Å²) < 4.78 is 24.0. The van der Waals surface area contributed by atoms with Gasteiger partial charge in [0.1, 0.15) is 5.82 Å². The lowest BCUT2D eigenvalue weighted by Crippen LogP contribution is -2.00. The molecule has 0 radical (unpaired) electrons. The number of rotatable bonds is 5. The van der Waals surface area contributed by atoms with Gasteiger partial charge in [-0.2, -0.15) is 0 Å². The van der Waals surface area contributed by atoms with Gasteiger partial charge < -0.3 is 9.15 Å². The SMILES string of the molecule is O=C(/C=C/c1ccccc1F)OCc1ncc(-c2ccccc2)o1. The normalized spacial score (nSPS) is 10.9. The molecule has 0 spiro atoms. The highest BCUT2D eigenvalue weighted by Gasteiger charge is 2.08. The summed E-state index contributed by atoms with van der Waals surface area (Å²) >= 11 is 0. The molecule has 24 heavy (non-hydrogen) atoms. The molecule has 0 aliphatic heterocycles. The van der Waals surface area contributed by atoms with Crippen molar-refractivity contribution in [2.24, 2.45) is 0 Å². The lowest BCUT2D eigenvalue weighted by atomic mass is 10.2. The van der Waals surface area contributed by atoms with Gasteiger partial charge in [-0.25, -0.2) is 14.2 Å². The van der Waals surface area contributed by atoms with E-state index in [-0.39, 0.29) is 6.61 Å². The molecule has 2 aromatic carbocycles. The van der Waals surface area contributed by atoms with Crippen LogP contribution in [0.2, 0.25) is 0 Å². The van der Waals surface area contributed by atoms with E-state index in [0.717, 1.165) is 5.56 Å². The predicted octanol–water partition coefficient (Wildman–Crippen LogP) is 4.24. The highest BCUT2D eigenvalue weighted by molar-refractivity contribution is 5.87. The van der Waals surface area contributed by atoms with Crippen LogP contribution in [0.5, 0.6) is 0 Å². The minimum Gasteiger partial charge on any atom is -0.453 e. The summed E-state index contributed by atoms with van der Waals surface area (Å²) in [4.78, 5) is 15.7. The Balaban J connectivity index is 1.57. The van der Waals surface area contributed by atoms with Gasteiger partial charge in [-0.1, -0.05) is 48.5 Å². The zero-order valence-corrected chi connectivity index (χ0v) is 12.7. The zero-order chi connectivity index (χ0) is 16.8. The molecule has 0 fully saturated rings. The number of aromatic nitrogens is 1. The molecule has 0 saturated carbocycles. The van der Waals surface area contributed by atoms with E-state index in [4.69, 9.17) is 9.15 Å². The summed E-state index contributed by atoms with van der Waals surface area (Å²) in [6, 6.07) is 15.6. The highest BCUT2D eigenvalue weighted by Crippen LogP contribution is 2.20. The largest absolute Gasteiger partial charge is 0.453 e. The first-order valence-corrected chi connectivity index (χ1v) is 7.32. The Morgan fingerprint density at radius 3 is 2.67 bits per heavy atom. The summed E-state index contributed by atoms with van der Waals surface area (Å²) in [6.07, 6.45) is 4.11. The molecular weight excluding hydrogens is 309 g/mol. The zero-order valence-electron chi connectivity index (χ0n) is 12.7.